The molecule has 0 unspecified atom stereocenters. The average molecular weight is 343 g/mol. The second-order valence-electron chi connectivity index (χ2n) is 5.40. The molecule has 0 radical (unpaired) electrons. The maximum absolute atomic E-state index is 12.2. The molecule has 0 amide bonds. The molecule has 130 valence electrons. The summed E-state index contributed by atoms with van der Waals surface area (Å²) in [5, 5.41) is 10.6. The number of hydrogen-bond acceptors (Lipinski definition) is 6. The summed E-state index contributed by atoms with van der Waals surface area (Å²) in [5.41, 5.74) is 1.41. The van der Waals surface area contributed by atoms with Crippen LogP contribution in [-0.2, 0) is 9.53 Å². The van der Waals surface area contributed by atoms with E-state index in [0.717, 1.165) is 5.56 Å². The Morgan fingerprint density at radius 3 is 2.24 bits per heavy atom. The summed E-state index contributed by atoms with van der Waals surface area (Å²) < 4.78 is 10.3. The van der Waals surface area contributed by atoms with E-state index in [1.54, 1.807) is 24.3 Å². The summed E-state index contributed by atoms with van der Waals surface area (Å²) in [5.74, 6) is -0.713. The van der Waals surface area contributed by atoms with Crippen molar-refractivity contribution >= 4 is 17.4 Å². The molecule has 0 N–H and O–H groups in total. The number of esters is 1. The number of hydrogen-bond donors (Lipinski definition) is 0. The number of carbonyl (C=O) groups excluding carboxylic acids is 2. The summed E-state index contributed by atoms with van der Waals surface area (Å²) in [6, 6.07) is 12.3. The molecule has 7 nitrogen and oxygen atoms in total. The van der Waals surface area contributed by atoms with Crippen LogP contribution >= 0.6 is 0 Å². The number of rotatable bonds is 7. The molecule has 0 saturated heterocycles. The van der Waals surface area contributed by atoms with E-state index in [0.29, 0.717) is 11.3 Å². The van der Waals surface area contributed by atoms with Crippen molar-refractivity contribution in [1.82, 2.24) is 0 Å². The van der Waals surface area contributed by atoms with Gasteiger partial charge in [0.15, 0.2) is 12.7 Å². The van der Waals surface area contributed by atoms with E-state index >= 15 is 0 Å². The molecule has 0 heterocycles. The van der Waals surface area contributed by atoms with Crippen molar-refractivity contribution in [2.24, 2.45) is 0 Å². The van der Waals surface area contributed by atoms with Crippen LogP contribution in [0.1, 0.15) is 22.8 Å². The van der Waals surface area contributed by atoms with Gasteiger partial charge in [-0.25, -0.2) is 4.79 Å². The number of benzene rings is 2. The second-order valence-corrected chi connectivity index (χ2v) is 5.40. The molecule has 0 aliphatic carbocycles. The van der Waals surface area contributed by atoms with Crippen LogP contribution in [0.3, 0.4) is 0 Å². The predicted octanol–water partition coefficient (Wildman–Crippen LogP) is 3.10. The Morgan fingerprint density at radius 1 is 1.08 bits per heavy atom. The number of ether oxygens (including phenoxy) is 2. The number of ketones is 1. The number of aryl methyl sites for hydroxylation is 1. The van der Waals surface area contributed by atoms with E-state index in [9.17, 15) is 19.7 Å². The minimum absolute atomic E-state index is 0.0766. The van der Waals surface area contributed by atoms with Crippen molar-refractivity contribution in [1.29, 1.82) is 0 Å². The van der Waals surface area contributed by atoms with Gasteiger partial charge in [0.05, 0.1) is 4.92 Å². The first kappa shape index (κ1) is 18.1. The monoisotopic (exact) mass is 343 g/mol. The fourth-order valence-corrected chi connectivity index (χ4v) is 2.04. The Morgan fingerprint density at radius 2 is 1.68 bits per heavy atom. The third kappa shape index (κ3) is 5.13. The van der Waals surface area contributed by atoms with Gasteiger partial charge in [-0.2, -0.15) is 0 Å². The summed E-state index contributed by atoms with van der Waals surface area (Å²) in [4.78, 5) is 34.0. The highest BCUT2D eigenvalue weighted by molar-refractivity contribution is 6.00. The van der Waals surface area contributed by atoms with Crippen molar-refractivity contribution in [2.75, 3.05) is 6.61 Å². The van der Waals surface area contributed by atoms with E-state index in [2.05, 4.69) is 0 Å². The molecular formula is C18H17NO6. The molecule has 2 aromatic rings. The molecule has 2 aromatic carbocycles. The lowest BCUT2D eigenvalue weighted by atomic mass is 10.1. The van der Waals surface area contributed by atoms with Crippen LogP contribution < -0.4 is 4.74 Å². The third-order valence-corrected chi connectivity index (χ3v) is 3.42. The van der Waals surface area contributed by atoms with Gasteiger partial charge in [0.25, 0.3) is 5.69 Å². The first-order valence-corrected chi connectivity index (χ1v) is 7.54. The van der Waals surface area contributed by atoms with Crippen LogP contribution in [0.2, 0.25) is 0 Å². The number of non-ortho nitro benzene ring substituents is 1. The number of Topliss-reactive ketones (excluding diaryl/α,β-unsaturated/α-hetero) is 1. The van der Waals surface area contributed by atoms with Gasteiger partial charge in [0.2, 0.25) is 5.78 Å². The smallest absolute Gasteiger partial charge is 0.344 e. The van der Waals surface area contributed by atoms with E-state index in [1.165, 1.54) is 31.2 Å². The van der Waals surface area contributed by atoms with Gasteiger partial charge in [-0.05, 0) is 26.0 Å². The van der Waals surface area contributed by atoms with E-state index in [-0.39, 0.29) is 11.5 Å². The van der Waals surface area contributed by atoms with Crippen LogP contribution in [0.5, 0.6) is 5.75 Å². The molecule has 0 fully saturated rings. The fourth-order valence-electron chi connectivity index (χ4n) is 2.04. The molecule has 25 heavy (non-hydrogen) atoms. The zero-order valence-corrected chi connectivity index (χ0v) is 13.8. The molecule has 0 aliphatic rings. The van der Waals surface area contributed by atoms with Gasteiger partial charge >= 0.3 is 5.97 Å². The highest BCUT2D eigenvalue weighted by Gasteiger charge is 2.19. The first-order valence-electron chi connectivity index (χ1n) is 7.54. The first-order chi connectivity index (χ1) is 11.9. The number of carbonyl (C=O) groups is 2. The van der Waals surface area contributed by atoms with Crippen LogP contribution in [0, 0.1) is 17.0 Å². The summed E-state index contributed by atoms with van der Waals surface area (Å²) in [6.07, 6.45) is -0.935. The largest absolute Gasteiger partial charge is 0.482 e. The summed E-state index contributed by atoms with van der Waals surface area (Å²) >= 11 is 0. The minimum atomic E-state index is -0.935. The van der Waals surface area contributed by atoms with Crippen molar-refractivity contribution in [3.63, 3.8) is 0 Å². The second kappa shape index (κ2) is 8.05. The quantitative estimate of drug-likeness (QED) is 0.332. The van der Waals surface area contributed by atoms with Crippen LogP contribution in [0.4, 0.5) is 5.69 Å². The molecule has 0 saturated carbocycles. The van der Waals surface area contributed by atoms with Gasteiger partial charge in [0, 0.05) is 17.7 Å². The van der Waals surface area contributed by atoms with E-state index in [1.807, 2.05) is 6.92 Å². The van der Waals surface area contributed by atoms with Crippen LogP contribution in [0.15, 0.2) is 48.5 Å². The van der Waals surface area contributed by atoms with Gasteiger partial charge in [-0.1, -0.05) is 29.8 Å². The molecule has 0 aromatic heterocycles. The minimum Gasteiger partial charge on any atom is -0.482 e. The van der Waals surface area contributed by atoms with Gasteiger partial charge in [0.1, 0.15) is 5.75 Å². The summed E-state index contributed by atoms with van der Waals surface area (Å²) in [7, 11) is 0. The van der Waals surface area contributed by atoms with Crippen molar-refractivity contribution in [3.05, 3.63) is 69.8 Å². The van der Waals surface area contributed by atoms with Crippen LogP contribution in [-0.4, -0.2) is 29.4 Å². The molecule has 1 atom stereocenters. The average Bonchev–Trinajstić information content (AvgIpc) is 2.60. The topological polar surface area (TPSA) is 95.7 Å². The summed E-state index contributed by atoms with van der Waals surface area (Å²) in [6.45, 7) is 3.00. The standard InChI is InChI=1S/C18H17NO6/c1-12-3-5-14(6-4-12)18(21)13(2)25-17(20)11-24-16-9-7-15(8-10-16)19(22)23/h3-10,13H,11H2,1-2H3/t13-/m1/s1. The number of nitro benzene ring substituents is 1. The maximum Gasteiger partial charge on any atom is 0.344 e. The van der Waals surface area contributed by atoms with Crippen LogP contribution in [0.25, 0.3) is 0 Å². The van der Waals surface area contributed by atoms with E-state index in [4.69, 9.17) is 9.47 Å². The highest BCUT2D eigenvalue weighted by Crippen LogP contribution is 2.17. The third-order valence-electron chi connectivity index (χ3n) is 3.42. The lowest BCUT2D eigenvalue weighted by Crippen LogP contribution is -2.27. The number of nitro groups is 1. The van der Waals surface area contributed by atoms with Gasteiger partial charge in [-0.3, -0.25) is 14.9 Å². The Balaban J connectivity index is 1.85. The van der Waals surface area contributed by atoms with Crippen molar-refractivity contribution < 1.29 is 24.0 Å². The zero-order valence-electron chi connectivity index (χ0n) is 13.8. The van der Waals surface area contributed by atoms with Crippen molar-refractivity contribution in [2.45, 2.75) is 20.0 Å². The SMILES string of the molecule is Cc1ccc(C(=O)[C@@H](C)OC(=O)COc2ccc([N+](=O)[O-])cc2)cc1. The zero-order chi connectivity index (χ0) is 18.4. The maximum atomic E-state index is 12.2. The predicted molar refractivity (Wildman–Crippen MR) is 89.7 cm³/mol. The molecule has 0 bridgehead atoms. The lowest BCUT2D eigenvalue weighted by molar-refractivity contribution is -0.384. The fraction of sp³-hybridized carbons (Fsp3) is 0.222. The number of nitrogens with zero attached hydrogens (tertiary/aromatic N) is 1. The molecule has 0 spiro atoms. The highest BCUT2D eigenvalue weighted by atomic mass is 16.6. The molecular weight excluding hydrogens is 326 g/mol. The Labute approximate surface area is 144 Å². The molecule has 0 aliphatic heterocycles. The molecule has 7 heteroatoms. The van der Waals surface area contributed by atoms with E-state index < -0.39 is 23.6 Å². The Bertz CT molecular complexity index is 767. The van der Waals surface area contributed by atoms with Crippen molar-refractivity contribution in [3.8, 4) is 5.75 Å². The Kier molecular flexibility index (Phi) is 5.84. The van der Waals surface area contributed by atoms with Gasteiger partial charge in [-0.15, -0.1) is 0 Å². The Hall–Kier alpha value is -3.22. The molecule has 2 rings (SSSR count). The normalized spacial score (nSPS) is 11.4. The lowest BCUT2D eigenvalue weighted by Gasteiger charge is -2.13. The van der Waals surface area contributed by atoms with Gasteiger partial charge < -0.3 is 9.47 Å².